The fourth-order valence-corrected chi connectivity index (χ4v) is 4.98. The molecule has 0 bridgehead atoms. The van der Waals surface area contributed by atoms with Crippen LogP contribution in [-0.4, -0.2) is 41.3 Å². The molecule has 1 saturated heterocycles. The second kappa shape index (κ2) is 11.0. The molecule has 162 valence electrons. The van der Waals surface area contributed by atoms with Crippen LogP contribution in [0.2, 0.25) is 0 Å². The van der Waals surface area contributed by atoms with Crippen molar-refractivity contribution >= 4 is 74.5 Å². The van der Waals surface area contributed by atoms with E-state index in [9.17, 15) is 9.59 Å². The maximum atomic E-state index is 12.6. The van der Waals surface area contributed by atoms with E-state index in [1.165, 1.54) is 18.9 Å². The van der Waals surface area contributed by atoms with Crippen molar-refractivity contribution in [3.63, 3.8) is 0 Å². The highest BCUT2D eigenvalue weighted by Gasteiger charge is 2.31. The van der Waals surface area contributed by atoms with Crippen LogP contribution < -0.4 is 14.8 Å². The normalized spacial score (nSPS) is 14.8. The smallest absolute Gasteiger partial charge is 0.266 e. The predicted octanol–water partition coefficient (Wildman–Crippen LogP) is 4.93. The minimum Gasteiger partial charge on any atom is -0.493 e. The van der Waals surface area contributed by atoms with Crippen LogP contribution in [0.5, 0.6) is 11.5 Å². The molecule has 0 atom stereocenters. The number of ether oxygens (including phenoxy) is 2. The van der Waals surface area contributed by atoms with Gasteiger partial charge < -0.3 is 14.8 Å². The van der Waals surface area contributed by atoms with Gasteiger partial charge in [-0.05, 0) is 64.9 Å². The number of halogens is 1. The first-order chi connectivity index (χ1) is 14.9. The summed E-state index contributed by atoms with van der Waals surface area (Å²) in [6.07, 6.45) is 2.64. The van der Waals surface area contributed by atoms with Gasteiger partial charge in [0.2, 0.25) is 0 Å². The number of carbonyl (C=O) groups excluding carboxylic acids is 2. The number of para-hydroxylation sites is 1. The van der Waals surface area contributed by atoms with Gasteiger partial charge in [0, 0.05) is 12.2 Å². The van der Waals surface area contributed by atoms with Crippen LogP contribution >= 0.6 is 46.6 Å². The lowest BCUT2D eigenvalue weighted by atomic mass is 10.2. The Morgan fingerprint density at radius 2 is 2.03 bits per heavy atom. The molecule has 2 aromatic rings. The number of carbonyl (C=O) groups is 2. The molecule has 1 heterocycles. The minimum absolute atomic E-state index is 0.0799. The molecule has 1 N–H and O–H groups in total. The highest BCUT2D eigenvalue weighted by atomic mass is 127. The van der Waals surface area contributed by atoms with Crippen molar-refractivity contribution in [1.82, 2.24) is 4.90 Å². The van der Waals surface area contributed by atoms with Crippen LogP contribution in [0.3, 0.4) is 0 Å². The quantitative estimate of drug-likeness (QED) is 0.277. The number of amides is 2. The van der Waals surface area contributed by atoms with E-state index < -0.39 is 0 Å². The van der Waals surface area contributed by atoms with Gasteiger partial charge in [0.05, 0.1) is 15.6 Å². The first-order valence-electron chi connectivity index (χ1n) is 9.53. The molecule has 0 aliphatic carbocycles. The summed E-state index contributed by atoms with van der Waals surface area (Å²) in [4.78, 5) is 27.0. The average molecular weight is 568 g/mol. The number of rotatable bonds is 8. The van der Waals surface area contributed by atoms with Crippen LogP contribution in [0, 0.1) is 3.57 Å². The van der Waals surface area contributed by atoms with Gasteiger partial charge in [-0.3, -0.25) is 14.5 Å². The fraction of sp³-hybridized carbons (Fsp3) is 0.227. The SMILES string of the molecule is CCCN1C(=O)/C(=C/c2cc(I)c(OCC(=O)Nc3ccccc3)c(OC)c2)SC1=S. The number of thioether (sulfide) groups is 1. The maximum Gasteiger partial charge on any atom is 0.266 e. The second-order valence-corrected chi connectivity index (χ2v) is 9.41. The lowest BCUT2D eigenvalue weighted by Crippen LogP contribution is -2.28. The summed E-state index contributed by atoms with van der Waals surface area (Å²) in [5.74, 6) is 0.605. The predicted molar refractivity (Wildman–Crippen MR) is 136 cm³/mol. The number of thiocarbonyl (C=S) groups is 1. The number of methoxy groups -OCH3 is 1. The monoisotopic (exact) mass is 568 g/mol. The van der Waals surface area contributed by atoms with Crippen molar-refractivity contribution in [2.24, 2.45) is 0 Å². The van der Waals surface area contributed by atoms with E-state index in [4.69, 9.17) is 21.7 Å². The summed E-state index contributed by atoms with van der Waals surface area (Å²) < 4.78 is 12.5. The molecule has 0 aromatic heterocycles. The molecule has 2 aromatic carbocycles. The van der Waals surface area contributed by atoms with Crippen LogP contribution in [0.1, 0.15) is 18.9 Å². The first kappa shape index (κ1) is 23.6. The molecule has 6 nitrogen and oxygen atoms in total. The summed E-state index contributed by atoms with van der Waals surface area (Å²) in [7, 11) is 1.53. The zero-order valence-electron chi connectivity index (χ0n) is 17.0. The molecule has 9 heteroatoms. The Kier molecular flexibility index (Phi) is 8.33. The minimum atomic E-state index is -0.271. The zero-order valence-corrected chi connectivity index (χ0v) is 20.8. The van der Waals surface area contributed by atoms with Gasteiger partial charge in [0.1, 0.15) is 4.32 Å². The second-order valence-electron chi connectivity index (χ2n) is 6.57. The van der Waals surface area contributed by atoms with Crippen LogP contribution in [-0.2, 0) is 9.59 Å². The zero-order chi connectivity index (χ0) is 22.4. The molecule has 0 spiro atoms. The molecular weight excluding hydrogens is 547 g/mol. The van der Waals surface area contributed by atoms with Crippen molar-refractivity contribution in [2.45, 2.75) is 13.3 Å². The van der Waals surface area contributed by atoms with E-state index in [2.05, 4.69) is 27.9 Å². The van der Waals surface area contributed by atoms with Gasteiger partial charge in [-0.1, -0.05) is 49.1 Å². The molecule has 0 saturated carbocycles. The molecule has 0 unspecified atom stereocenters. The number of hydrogen-bond donors (Lipinski definition) is 1. The number of anilines is 1. The molecule has 3 rings (SSSR count). The molecule has 1 aliphatic rings. The van der Waals surface area contributed by atoms with E-state index in [0.717, 1.165) is 15.6 Å². The van der Waals surface area contributed by atoms with Crippen molar-refractivity contribution < 1.29 is 19.1 Å². The summed E-state index contributed by atoms with van der Waals surface area (Å²) in [6, 6.07) is 12.8. The number of nitrogens with one attached hydrogen (secondary N) is 1. The van der Waals surface area contributed by atoms with Gasteiger partial charge in [-0.15, -0.1) is 0 Å². The van der Waals surface area contributed by atoms with Crippen molar-refractivity contribution in [1.29, 1.82) is 0 Å². The molecule has 1 aliphatic heterocycles. The first-order valence-corrected chi connectivity index (χ1v) is 11.8. The van der Waals surface area contributed by atoms with E-state index in [1.54, 1.807) is 29.2 Å². The van der Waals surface area contributed by atoms with Crippen molar-refractivity contribution in [3.8, 4) is 11.5 Å². The van der Waals surface area contributed by atoms with Crippen LogP contribution in [0.15, 0.2) is 47.4 Å². The summed E-state index contributed by atoms with van der Waals surface area (Å²) >= 11 is 8.74. The Morgan fingerprint density at radius 3 is 2.71 bits per heavy atom. The van der Waals surface area contributed by atoms with Gasteiger partial charge in [-0.2, -0.15) is 0 Å². The standard InChI is InChI=1S/C22H21IN2O4S2/c1-3-9-25-21(27)18(31-22(25)30)12-14-10-16(23)20(17(11-14)28-2)29-13-19(26)24-15-7-5-4-6-8-15/h4-8,10-12H,3,9,13H2,1-2H3,(H,24,26)/b18-12-. The van der Waals surface area contributed by atoms with Crippen LogP contribution in [0.4, 0.5) is 5.69 Å². The Morgan fingerprint density at radius 1 is 1.29 bits per heavy atom. The third-order valence-corrected chi connectivity index (χ3v) is 6.45. The summed E-state index contributed by atoms with van der Waals surface area (Å²) in [5, 5.41) is 2.78. The van der Waals surface area contributed by atoms with Crippen molar-refractivity contribution in [3.05, 3.63) is 56.5 Å². The van der Waals surface area contributed by atoms with E-state index in [1.807, 2.05) is 31.2 Å². The lowest BCUT2D eigenvalue weighted by molar-refractivity contribution is -0.122. The summed E-state index contributed by atoms with van der Waals surface area (Å²) in [6.45, 7) is 2.46. The van der Waals surface area contributed by atoms with Crippen molar-refractivity contribution in [2.75, 3.05) is 25.6 Å². The topological polar surface area (TPSA) is 67.9 Å². The molecule has 1 fully saturated rings. The molecular formula is C22H21IN2O4S2. The van der Waals surface area contributed by atoms with Crippen LogP contribution in [0.25, 0.3) is 6.08 Å². The van der Waals surface area contributed by atoms with E-state index in [-0.39, 0.29) is 18.4 Å². The largest absolute Gasteiger partial charge is 0.493 e. The highest BCUT2D eigenvalue weighted by molar-refractivity contribution is 14.1. The Balaban J connectivity index is 1.74. The number of hydrogen-bond acceptors (Lipinski definition) is 6. The Bertz CT molecular complexity index is 1030. The fourth-order valence-electron chi connectivity index (χ4n) is 2.89. The summed E-state index contributed by atoms with van der Waals surface area (Å²) in [5.41, 5.74) is 1.49. The third-order valence-electron chi connectivity index (χ3n) is 4.28. The van der Waals surface area contributed by atoms with E-state index >= 15 is 0 Å². The average Bonchev–Trinajstić information content (AvgIpc) is 3.01. The van der Waals surface area contributed by atoms with Gasteiger partial charge in [0.25, 0.3) is 11.8 Å². The van der Waals surface area contributed by atoms with Gasteiger partial charge in [-0.25, -0.2) is 0 Å². The Labute approximate surface area is 204 Å². The number of nitrogens with zero attached hydrogens (tertiary/aromatic N) is 1. The van der Waals surface area contributed by atoms with E-state index in [0.29, 0.717) is 33.0 Å². The van der Waals surface area contributed by atoms with Gasteiger partial charge in [0.15, 0.2) is 18.1 Å². The third kappa shape index (κ3) is 5.98. The molecule has 31 heavy (non-hydrogen) atoms. The maximum absolute atomic E-state index is 12.6. The number of benzene rings is 2. The lowest BCUT2D eigenvalue weighted by Gasteiger charge is -2.14. The Hall–Kier alpha value is -2.11. The molecule has 2 amide bonds. The highest BCUT2D eigenvalue weighted by Crippen LogP contribution is 2.37. The van der Waals surface area contributed by atoms with Gasteiger partial charge >= 0.3 is 0 Å². The molecule has 0 radical (unpaired) electrons.